The first-order valence-electron chi connectivity index (χ1n) is 18.4. The SMILES string of the molecule is COc1cc(C(=O)N(C)c2ccc(C)cc2OCCCCCC(=O)N2CCN(C)CC2)ccc1C(=O)Nc1cccc2[nH]c(CN3CCCC3)nc12. The average molecular weight is 710 g/mol. The van der Waals surface area contributed by atoms with Gasteiger partial charge in [-0.1, -0.05) is 12.1 Å². The zero-order valence-electron chi connectivity index (χ0n) is 30.9. The van der Waals surface area contributed by atoms with E-state index < -0.39 is 0 Å². The zero-order chi connectivity index (χ0) is 36.6. The predicted molar refractivity (Wildman–Crippen MR) is 204 cm³/mol. The molecular formula is C40H51N7O5. The fourth-order valence-corrected chi connectivity index (χ4v) is 6.88. The Balaban J connectivity index is 1.06. The smallest absolute Gasteiger partial charge is 0.259 e. The van der Waals surface area contributed by atoms with Crippen molar-refractivity contribution in [1.82, 2.24) is 24.7 Å². The molecular weight excluding hydrogens is 658 g/mol. The van der Waals surface area contributed by atoms with Gasteiger partial charge in [-0.25, -0.2) is 4.98 Å². The molecule has 2 N–H and O–H groups in total. The third-order valence-electron chi connectivity index (χ3n) is 10.0. The summed E-state index contributed by atoms with van der Waals surface area (Å²) in [7, 11) is 5.28. The Kier molecular flexibility index (Phi) is 12.1. The van der Waals surface area contributed by atoms with Crippen molar-refractivity contribution in [3.63, 3.8) is 0 Å². The number of anilines is 2. The second-order valence-electron chi connectivity index (χ2n) is 13.9. The number of H-pyrrole nitrogens is 1. The molecule has 3 amide bonds. The molecule has 0 bridgehead atoms. The number of carbonyl (C=O) groups is 3. The largest absolute Gasteiger partial charge is 0.496 e. The number of piperazine rings is 1. The molecule has 0 aliphatic carbocycles. The molecule has 0 unspecified atom stereocenters. The number of hydrogen-bond acceptors (Lipinski definition) is 8. The maximum absolute atomic E-state index is 13.8. The Morgan fingerprint density at radius 3 is 2.48 bits per heavy atom. The number of amides is 3. The molecule has 12 heteroatoms. The standard InChI is InChI=1S/C40H51N7O5/c1-28-14-17-33(35(25-28)52-24-9-5-6-13-37(48)47-22-20-44(2)21-23-47)45(3)40(50)29-15-16-30(34(26-29)51-4)39(49)42-32-12-10-11-31-38(32)43-36(41-31)27-46-18-7-8-19-46/h10-12,14-17,25-26H,5-9,13,18-24,27H2,1-4H3,(H,41,43)(H,42,49). The molecule has 3 aromatic carbocycles. The summed E-state index contributed by atoms with van der Waals surface area (Å²) < 4.78 is 11.8. The van der Waals surface area contributed by atoms with Crippen molar-refractivity contribution < 1.29 is 23.9 Å². The molecule has 0 radical (unpaired) electrons. The molecule has 0 saturated carbocycles. The number of likely N-dealkylation sites (N-methyl/N-ethyl adjacent to an activating group) is 1. The van der Waals surface area contributed by atoms with Crippen LogP contribution in [0.3, 0.4) is 0 Å². The first-order chi connectivity index (χ1) is 25.2. The molecule has 1 aromatic heterocycles. The Morgan fingerprint density at radius 1 is 0.923 bits per heavy atom. The quantitative estimate of drug-likeness (QED) is 0.160. The number of aryl methyl sites for hydroxylation is 1. The number of fused-ring (bicyclic) bond motifs is 1. The summed E-state index contributed by atoms with van der Waals surface area (Å²) >= 11 is 0. The maximum Gasteiger partial charge on any atom is 0.259 e. The molecule has 6 rings (SSSR count). The highest BCUT2D eigenvalue weighted by Gasteiger charge is 2.23. The average Bonchev–Trinajstić information content (AvgIpc) is 3.83. The van der Waals surface area contributed by atoms with E-state index in [-0.39, 0.29) is 23.5 Å². The Bertz CT molecular complexity index is 1880. The summed E-state index contributed by atoms with van der Waals surface area (Å²) in [5.74, 6) is 1.37. The zero-order valence-corrected chi connectivity index (χ0v) is 30.9. The molecule has 2 fully saturated rings. The fourth-order valence-electron chi connectivity index (χ4n) is 6.88. The van der Waals surface area contributed by atoms with Gasteiger partial charge in [-0.15, -0.1) is 0 Å². The first-order valence-corrected chi connectivity index (χ1v) is 18.4. The highest BCUT2D eigenvalue weighted by molar-refractivity contribution is 6.11. The number of methoxy groups -OCH3 is 1. The van der Waals surface area contributed by atoms with E-state index in [4.69, 9.17) is 14.5 Å². The molecule has 276 valence electrons. The van der Waals surface area contributed by atoms with Gasteiger partial charge < -0.3 is 34.5 Å². The van der Waals surface area contributed by atoms with Crippen LogP contribution in [0.1, 0.15) is 70.6 Å². The lowest BCUT2D eigenvalue weighted by Crippen LogP contribution is -2.47. The number of ether oxygens (including phenoxy) is 2. The third kappa shape index (κ3) is 8.91. The van der Waals surface area contributed by atoms with Crippen LogP contribution in [-0.2, 0) is 11.3 Å². The number of nitrogens with one attached hydrogen (secondary N) is 2. The molecule has 2 saturated heterocycles. The highest BCUT2D eigenvalue weighted by Crippen LogP contribution is 2.32. The van der Waals surface area contributed by atoms with E-state index in [0.717, 1.165) is 82.0 Å². The van der Waals surface area contributed by atoms with Crippen molar-refractivity contribution in [1.29, 1.82) is 0 Å². The van der Waals surface area contributed by atoms with E-state index in [1.807, 2.05) is 48.2 Å². The Labute approximate surface area is 306 Å². The second kappa shape index (κ2) is 17.1. The van der Waals surface area contributed by atoms with E-state index in [0.29, 0.717) is 46.8 Å². The number of nitrogens with zero attached hydrogens (tertiary/aromatic N) is 5. The Hall–Kier alpha value is -4.94. The van der Waals surface area contributed by atoms with Crippen molar-refractivity contribution in [2.45, 2.75) is 52.0 Å². The van der Waals surface area contributed by atoms with Crippen molar-refractivity contribution in [3.05, 3.63) is 77.1 Å². The number of carbonyl (C=O) groups excluding carboxylic acids is 3. The molecule has 52 heavy (non-hydrogen) atoms. The summed E-state index contributed by atoms with van der Waals surface area (Å²) in [4.78, 5) is 56.2. The maximum atomic E-state index is 13.8. The number of para-hydroxylation sites is 1. The minimum Gasteiger partial charge on any atom is -0.496 e. The van der Waals surface area contributed by atoms with Gasteiger partial charge in [0.05, 0.1) is 42.7 Å². The van der Waals surface area contributed by atoms with E-state index in [2.05, 4.69) is 27.1 Å². The van der Waals surface area contributed by atoms with Crippen LogP contribution in [0, 0.1) is 6.92 Å². The van der Waals surface area contributed by atoms with Crippen molar-refractivity contribution >= 4 is 40.1 Å². The molecule has 0 atom stereocenters. The van der Waals surface area contributed by atoms with Gasteiger partial charge in [0.1, 0.15) is 22.8 Å². The summed E-state index contributed by atoms with van der Waals surface area (Å²) in [5.41, 5.74) is 4.48. The first kappa shape index (κ1) is 36.8. The lowest BCUT2D eigenvalue weighted by Gasteiger charge is -2.32. The number of aromatic nitrogens is 2. The van der Waals surface area contributed by atoms with Crippen LogP contribution in [-0.4, -0.2) is 109 Å². The number of aromatic amines is 1. The number of imidazole rings is 1. The van der Waals surface area contributed by atoms with Crippen LogP contribution in [0.15, 0.2) is 54.6 Å². The van der Waals surface area contributed by atoms with Gasteiger partial charge in [0.25, 0.3) is 11.8 Å². The molecule has 0 spiro atoms. The minimum absolute atomic E-state index is 0.230. The van der Waals surface area contributed by atoms with E-state index in [1.54, 1.807) is 30.1 Å². The number of unbranched alkanes of at least 4 members (excludes halogenated alkanes) is 2. The van der Waals surface area contributed by atoms with Gasteiger partial charge in [-0.2, -0.15) is 0 Å². The molecule has 4 aromatic rings. The lowest BCUT2D eigenvalue weighted by molar-refractivity contribution is -0.132. The van der Waals surface area contributed by atoms with Crippen LogP contribution in [0.25, 0.3) is 11.0 Å². The summed E-state index contributed by atoms with van der Waals surface area (Å²) in [5, 5.41) is 3.00. The predicted octanol–water partition coefficient (Wildman–Crippen LogP) is 5.72. The topological polar surface area (TPSA) is 123 Å². The number of likely N-dealkylation sites (tertiary alicyclic amines) is 1. The van der Waals surface area contributed by atoms with Crippen molar-refractivity contribution in [2.75, 3.05) is 77.3 Å². The van der Waals surface area contributed by atoms with Gasteiger partial charge in [-0.3, -0.25) is 19.3 Å². The number of hydrogen-bond donors (Lipinski definition) is 2. The third-order valence-corrected chi connectivity index (χ3v) is 10.0. The van der Waals surface area contributed by atoms with E-state index >= 15 is 0 Å². The van der Waals surface area contributed by atoms with Crippen LogP contribution in [0.2, 0.25) is 0 Å². The fraction of sp³-hybridized carbons (Fsp3) is 0.450. The van der Waals surface area contributed by atoms with Crippen molar-refractivity contribution in [3.8, 4) is 11.5 Å². The van der Waals surface area contributed by atoms with Gasteiger partial charge in [0, 0.05) is 45.2 Å². The Morgan fingerprint density at radius 2 is 1.71 bits per heavy atom. The van der Waals surface area contributed by atoms with E-state index in [9.17, 15) is 14.4 Å². The van der Waals surface area contributed by atoms with Gasteiger partial charge >= 0.3 is 0 Å². The van der Waals surface area contributed by atoms with Crippen LogP contribution in [0.5, 0.6) is 11.5 Å². The highest BCUT2D eigenvalue weighted by atomic mass is 16.5. The summed E-state index contributed by atoms with van der Waals surface area (Å²) in [6, 6.07) is 16.3. The molecule has 3 heterocycles. The summed E-state index contributed by atoms with van der Waals surface area (Å²) in [6.45, 7) is 8.80. The van der Waals surface area contributed by atoms with Crippen LogP contribution >= 0.6 is 0 Å². The molecule has 2 aliphatic heterocycles. The monoisotopic (exact) mass is 709 g/mol. The summed E-state index contributed by atoms with van der Waals surface area (Å²) in [6.07, 6.45) is 5.47. The van der Waals surface area contributed by atoms with Gasteiger partial charge in [0.15, 0.2) is 0 Å². The minimum atomic E-state index is -0.362. The molecule has 12 nitrogen and oxygen atoms in total. The van der Waals surface area contributed by atoms with Crippen molar-refractivity contribution in [2.24, 2.45) is 0 Å². The molecule has 2 aliphatic rings. The van der Waals surface area contributed by atoms with Crippen LogP contribution in [0.4, 0.5) is 11.4 Å². The van der Waals surface area contributed by atoms with Gasteiger partial charge in [0.2, 0.25) is 5.91 Å². The normalized spacial score (nSPS) is 15.2. The lowest BCUT2D eigenvalue weighted by atomic mass is 10.1. The van der Waals surface area contributed by atoms with Crippen LogP contribution < -0.4 is 19.7 Å². The second-order valence-corrected chi connectivity index (χ2v) is 13.9. The number of benzene rings is 3. The number of rotatable bonds is 14. The van der Waals surface area contributed by atoms with Gasteiger partial charge in [-0.05, 0) is 107 Å². The van der Waals surface area contributed by atoms with E-state index in [1.165, 1.54) is 20.0 Å².